The Morgan fingerprint density at radius 2 is 1.88 bits per heavy atom. The van der Waals surface area contributed by atoms with Crippen molar-refractivity contribution in [2.45, 2.75) is 37.6 Å². The summed E-state index contributed by atoms with van der Waals surface area (Å²) in [6.07, 6.45) is -8.19. The first-order valence-corrected chi connectivity index (χ1v) is 7.29. The van der Waals surface area contributed by atoms with Crippen molar-refractivity contribution in [1.29, 1.82) is 0 Å². The Kier molecular flexibility index (Phi) is 4.09. The number of halogens is 7. The van der Waals surface area contributed by atoms with E-state index < -0.39 is 60.4 Å². The van der Waals surface area contributed by atoms with Gasteiger partial charge >= 0.3 is 6.18 Å². The summed E-state index contributed by atoms with van der Waals surface area (Å²) in [5.74, 6) is -5.49. The van der Waals surface area contributed by atoms with Gasteiger partial charge in [-0.2, -0.15) is 13.2 Å². The molecule has 0 bridgehead atoms. The van der Waals surface area contributed by atoms with Crippen LogP contribution in [0.25, 0.3) is 0 Å². The summed E-state index contributed by atoms with van der Waals surface area (Å²) >= 11 is 0. The molecule has 136 valence electrons. The summed E-state index contributed by atoms with van der Waals surface area (Å²) in [4.78, 5) is 0. The van der Waals surface area contributed by atoms with Gasteiger partial charge in [0.1, 0.15) is 17.7 Å². The molecule has 0 saturated carbocycles. The summed E-state index contributed by atoms with van der Waals surface area (Å²) in [6.45, 7) is -0.400. The van der Waals surface area contributed by atoms with Crippen LogP contribution in [0.15, 0.2) is 24.4 Å². The summed E-state index contributed by atoms with van der Waals surface area (Å²) in [6, 6.07) is 2.60. The molecule has 0 saturated heterocycles. The Balaban J connectivity index is 2.10. The maximum atomic E-state index is 13.8. The largest absolute Gasteiger partial charge is 0.418 e. The van der Waals surface area contributed by atoms with Crippen molar-refractivity contribution < 1.29 is 35.8 Å². The summed E-state index contributed by atoms with van der Waals surface area (Å²) < 4.78 is 94.6. The van der Waals surface area contributed by atoms with Crippen LogP contribution in [-0.4, -0.2) is 15.6 Å². The quantitative estimate of drug-likeness (QED) is 0.780. The van der Waals surface area contributed by atoms with Crippen LogP contribution in [0.3, 0.4) is 0 Å². The van der Waals surface area contributed by atoms with Crippen molar-refractivity contribution in [3.05, 3.63) is 58.4 Å². The third-order valence-corrected chi connectivity index (χ3v) is 4.26. The van der Waals surface area contributed by atoms with Crippen molar-refractivity contribution in [3.8, 4) is 0 Å². The van der Waals surface area contributed by atoms with Gasteiger partial charge in [0, 0.05) is 35.5 Å². The van der Waals surface area contributed by atoms with E-state index in [1.807, 2.05) is 0 Å². The van der Waals surface area contributed by atoms with Gasteiger partial charge in [0.2, 0.25) is 0 Å². The maximum absolute atomic E-state index is 13.8. The standard InChI is InChI=1S/C16H12F7NO/c17-9-2-1-8(11(18)5-9)6-24-7-10(16(21,22)23)13-12(24)3-4-15(19,20)14(13)25/h1-2,5,7,14,25H,3-4,6H2/t14-/m0/s1. The third-order valence-electron chi connectivity index (χ3n) is 4.26. The molecule has 9 heteroatoms. The van der Waals surface area contributed by atoms with E-state index in [9.17, 15) is 35.8 Å². The Labute approximate surface area is 137 Å². The first-order valence-electron chi connectivity index (χ1n) is 7.29. The second kappa shape index (κ2) is 5.76. The van der Waals surface area contributed by atoms with E-state index in [0.29, 0.717) is 12.3 Å². The second-order valence-corrected chi connectivity index (χ2v) is 5.93. The fraction of sp³-hybridized carbons (Fsp3) is 0.375. The molecule has 0 fully saturated rings. The van der Waals surface area contributed by atoms with Crippen LogP contribution in [0, 0.1) is 11.6 Å². The van der Waals surface area contributed by atoms with Gasteiger partial charge in [-0.05, 0) is 12.5 Å². The molecule has 2 nitrogen and oxygen atoms in total. The van der Waals surface area contributed by atoms with Crippen LogP contribution in [-0.2, 0) is 19.1 Å². The number of hydrogen-bond donors (Lipinski definition) is 1. The van der Waals surface area contributed by atoms with Gasteiger partial charge in [-0.3, -0.25) is 0 Å². The molecule has 1 aliphatic rings. The average molecular weight is 367 g/mol. The highest BCUT2D eigenvalue weighted by molar-refractivity contribution is 5.40. The third kappa shape index (κ3) is 3.12. The van der Waals surface area contributed by atoms with Gasteiger partial charge in [0.15, 0.2) is 0 Å². The molecule has 1 aromatic heterocycles. The molecule has 1 atom stereocenters. The molecule has 1 aromatic carbocycles. The number of aromatic nitrogens is 1. The molecule has 0 unspecified atom stereocenters. The van der Waals surface area contributed by atoms with Crippen molar-refractivity contribution in [3.63, 3.8) is 0 Å². The Morgan fingerprint density at radius 1 is 1.20 bits per heavy atom. The smallest absolute Gasteiger partial charge is 0.382 e. The van der Waals surface area contributed by atoms with Gasteiger partial charge in [-0.15, -0.1) is 0 Å². The Bertz CT molecular complexity index is 810. The molecule has 0 aliphatic heterocycles. The molecule has 3 rings (SSSR count). The van der Waals surface area contributed by atoms with Gasteiger partial charge < -0.3 is 9.67 Å². The molecular formula is C16H12F7NO. The number of fused-ring (bicyclic) bond motifs is 1. The lowest BCUT2D eigenvalue weighted by molar-refractivity contribution is -0.147. The molecule has 2 aromatic rings. The van der Waals surface area contributed by atoms with E-state index in [4.69, 9.17) is 0 Å². The van der Waals surface area contributed by atoms with Gasteiger partial charge in [-0.1, -0.05) is 6.07 Å². The molecule has 1 aliphatic carbocycles. The molecule has 1 N–H and O–H groups in total. The van der Waals surface area contributed by atoms with Gasteiger partial charge in [-0.25, -0.2) is 17.6 Å². The number of nitrogens with zero attached hydrogens (tertiary/aromatic N) is 1. The average Bonchev–Trinajstić information content (AvgIpc) is 2.85. The molecule has 25 heavy (non-hydrogen) atoms. The minimum atomic E-state index is -4.95. The molecular weight excluding hydrogens is 355 g/mol. The lowest BCUT2D eigenvalue weighted by Gasteiger charge is -2.29. The zero-order chi connectivity index (χ0) is 18.6. The van der Waals surface area contributed by atoms with Crippen LogP contribution in [0.5, 0.6) is 0 Å². The van der Waals surface area contributed by atoms with Crippen LogP contribution < -0.4 is 0 Å². The minimum Gasteiger partial charge on any atom is -0.382 e. The zero-order valence-electron chi connectivity index (χ0n) is 12.5. The molecule has 0 amide bonds. The van der Waals surface area contributed by atoms with E-state index in [2.05, 4.69) is 0 Å². The molecule has 0 radical (unpaired) electrons. The second-order valence-electron chi connectivity index (χ2n) is 5.93. The predicted molar refractivity (Wildman–Crippen MR) is 73.1 cm³/mol. The highest BCUT2D eigenvalue weighted by Gasteiger charge is 2.50. The van der Waals surface area contributed by atoms with E-state index >= 15 is 0 Å². The van der Waals surface area contributed by atoms with Crippen molar-refractivity contribution >= 4 is 0 Å². The van der Waals surface area contributed by atoms with Crippen LogP contribution in [0.2, 0.25) is 0 Å². The fourth-order valence-corrected chi connectivity index (χ4v) is 3.03. The zero-order valence-corrected chi connectivity index (χ0v) is 12.5. The van der Waals surface area contributed by atoms with E-state index in [1.54, 1.807) is 0 Å². The molecule has 0 spiro atoms. The van der Waals surface area contributed by atoms with Crippen molar-refractivity contribution in [2.24, 2.45) is 0 Å². The van der Waals surface area contributed by atoms with Gasteiger partial charge in [0.25, 0.3) is 5.92 Å². The van der Waals surface area contributed by atoms with Crippen LogP contribution in [0.1, 0.15) is 34.9 Å². The summed E-state index contributed by atoms with van der Waals surface area (Å²) in [7, 11) is 0. The lowest BCUT2D eigenvalue weighted by atomic mass is 9.89. The van der Waals surface area contributed by atoms with E-state index in [1.165, 1.54) is 0 Å². The molecule has 1 heterocycles. The monoisotopic (exact) mass is 367 g/mol. The number of aliphatic hydroxyl groups excluding tert-OH is 1. The number of rotatable bonds is 2. The topological polar surface area (TPSA) is 25.2 Å². The first-order chi connectivity index (χ1) is 11.5. The summed E-state index contributed by atoms with van der Waals surface area (Å²) in [5, 5.41) is 9.72. The van der Waals surface area contributed by atoms with Crippen molar-refractivity contribution in [2.75, 3.05) is 0 Å². The first kappa shape index (κ1) is 17.8. The minimum absolute atomic E-state index is 0.0975. The summed E-state index contributed by atoms with van der Waals surface area (Å²) in [5.41, 5.74) is -2.49. The normalized spacial score (nSPS) is 19.8. The Morgan fingerprint density at radius 3 is 2.48 bits per heavy atom. The Hall–Kier alpha value is -2.03. The predicted octanol–water partition coefficient (Wildman–Crippen LogP) is 4.45. The SMILES string of the molecule is O[C@H]1c2c(C(F)(F)F)cn(Cc3ccc(F)cc3F)c2CCC1(F)F. The highest BCUT2D eigenvalue weighted by atomic mass is 19.4. The fourth-order valence-electron chi connectivity index (χ4n) is 3.03. The lowest BCUT2D eigenvalue weighted by Crippen LogP contribution is -2.33. The number of alkyl halides is 5. The number of aliphatic hydroxyl groups is 1. The van der Waals surface area contributed by atoms with Gasteiger partial charge in [0.05, 0.1) is 12.1 Å². The number of benzene rings is 1. The number of hydrogen-bond acceptors (Lipinski definition) is 1. The maximum Gasteiger partial charge on any atom is 0.418 e. The van der Waals surface area contributed by atoms with Crippen LogP contribution >= 0.6 is 0 Å². The highest BCUT2D eigenvalue weighted by Crippen LogP contribution is 2.47. The van der Waals surface area contributed by atoms with E-state index in [-0.39, 0.29) is 11.3 Å². The van der Waals surface area contributed by atoms with Crippen LogP contribution in [0.4, 0.5) is 30.7 Å². The van der Waals surface area contributed by atoms with E-state index in [0.717, 1.165) is 16.7 Å². The van der Waals surface area contributed by atoms with Crippen molar-refractivity contribution in [1.82, 2.24) is 4.57 Å².